The van der Waals surface area contributed by atoms with E-state index in [2.05, 4.69) is 9.97 Å². The van der Waals surface area contributed by atoms with Gasteiger partial charge in [-0.15, -0.1) is 0 Å². The van der Waals surface area contributed by atoms with E-state index in [0.717, 1.165) is 34.2 Å². The van der Waals surface area contributed by atoms with Gasteiger partial charge < -0.3 is 4.90 Å². The predicted molar refractivity (Wildman–Crippen MR) is 128 cm³/mol. The zero-order valence-corrected chi connectivity index (χ0v) is 19.3. The molecule has 3 aromatic rings. The molecule has 168 valence electrons. The third-order valence-corrected chi connectivity index (χ3v) is 6.15. The molecule has 0 bridgehead atoms. The summed E-state index contributed by atoms with van der Waals surface area (Å²) in [6, 6.07) is 13.6. The van der Waals surface area contributed by atoms with Crippen molar-refractivity contribution in [3.05, 3.63) is 101 Å². The van der Waals surface area contributed by atoms with Gasteiger partial charge in [-0.1, -0.05) is 18.2 Å². The number of hydrogen-bond acceptors (Lipinski definition) is 5. The van der Waals surface area contributed by atoms with Crippen LogP contribution in [-0.2, 0) is 22.6 Å². The van der Waals surface area contributed by atoms with E-state index >= 15 is 0 Å². The first-order valence-electron chi connectivity index (χ1n) is 11.2. The molecule has 2 amide bonds. The van der Waals surface area contributed by atoms with E-state index in [0.29, 0.717) is 24.4 Å². The van der Waals surface area contributed by atoms with Crippen LogP contribution in [0, 0.1) is 13.8 Å². The Morgan fingerprint density at radius 3 is 2.06 bits per heavy atom. The summed E-state index contributed by atoms with van der Waals surface area (Å²) < 4.78 is 0. The molecule has 1 aliphatic heterocycles. The van der Waals surface area contributed by atoms with Crippen LogP contribution >= 0.6 is 0 Å². The summed E-state index contributed by atoms with van der Waals surface area (Å²) in [4.78, 5) is 38.8. The number of aryl methyl sites for hydroxylation is 2. The van der Waals surface area contributed by atoms with E-state index < -0.39 is 0 Å². The first-order valence-corrected chi connectivity index (χ1v) is 11.2. The van der Waals surface area contributed by atoms with Crippen molar-refractivity contribution in [2.75, 3.05) is 13.1 Å². The highest BCUT2D eigenvalue weighted by Crippen LogP contribution is 2.33. The van der Waals surface area contributed by atoms with Crippen LogP contribution < -0.4 is 0 Å². The van der Waals surface area contributed by atoms with Crippen LogP contribution in [0.15, 0.2) is 72.9 Å². The van der Waals surface area contributed by atoms with Gasteiger partial charge in [0, 0.05) is 37.9 Å². The second kappa shape index (κ2) is 9.77. The van der Waals surface area contributed by atoms with E-state index in [1.165, 1.54) is 4.90 Å². The minimum absolute atomic E-state index is 0.222. The maximum Gasteiger partial charge on any atom is 0.278 e. The SMILES string of the molecule is CCN(CCc1ccncc1)C1=C(c2ccc(C)c(C)c2)C(=O)N(Cc2ccncc2)C1=O. The van der Waals surface area contributed by atoms with E-state index in [-0.39, 0.29) is 18.4 Å². The molecular formula is C27H28N4O2. The van der Waals surface area contributed by atoms with Gasteiger partial charge in [0.1, 0.15) is 5.70 Å². The van der Waals surface area contributed by atoms with Crippen molar-refractivity contribution in [3.8, 4) is 0 Å². The van der Waals surface area contributed by atoms with Gasteiger partial charge in [-0.2, -0.15) is 0 Å². The minimum Gasteiger partial charge on any atom is -0.366 e. The Hall–Kier alpha value is -3.80. The van der Waals surface area contributed by atoms with Crippen molar-refractivity contribution in [1.82, 2.24) is 19.8 Å². The summed E-state index contributed by atoms with van der Waals surface area (Å²) in [6.07, 6.45) is 7.64. The molecule has 4 rings (SSSR count). The first-order chi connectivity index (χ1) is 16.0. The molecule has 0 aliphatic carbocycles. The molecule has 1 aromatic carbocycles. The van der Waals surface area contributed by atoms with Crippen LogP contribution in [-0.4, -0.2) is 44.7 Å². The third-order valence-electron chi connectivity index (χ3n) is 6.15. The molecule has 1 aliphatic rings. The van der Waals surface area contributed by atoms with Crippen molar-refractivity contribution in [2.45, 2.75) is 33.7 Å². The Balaban J connectivity index is 1.72. The van der Waals surface area contributed by atoms with Crippen molar-refractivity contribution in [1.29, 1.82) is 0 Å². The van der Waals surface area contributed by atoms with Crippen LogP contribution in [0.5, 0.6) is 0 Å². The Morgan fingerprint density at radius 2 is 1.45 bits per heavy atom. The van der Waals surface area contributed by atoms with Crippen LogP contribution in [0.3, 0.4) is 0 Å². The number of benzene rings is 1. The van der Waals surface area contributed by atoms with Gasteiger partial charge in [0.15, 0.2) is 0 Å². The zero-order chi connectivity index (χ0) is 23.4. The number of carbonyl (C=O) groups excluding carboxylic acids is 2. The van der Waals surface area contributed by atoms with Gasteiger partial charge in [0.25, 0.3) is 11.8 Å². The lowest BCUT2D eigenvalue weighted by Crippen LogP contribution is -2.35. The molecule has 6 heteroatoms. The highest BCUT2D eigenvalue weighted by molar-refractivity contribution is 6.35. The zero-order valence-electron chi connectivity index (χ0n) is 19.3. The largest absolute Gasteiger partial charge is 0.366 e. The van der Waals surface area contributed by atoms with Crippen LogP contribution in [0.2, 0.25) is 0 Å². The lowest BCUT2D eigenvalue weighted by molar-refractivity contribution is -0.138. The number of amides is 2. The Bertz CT molecular complexity index is 1190. The van der Waals surface area contributed by atoms with E-state index in [4.69, 9.17) is 0 Å². The van der Waals surface area contributed by atoms with Crippen molar-refractivity contribution >= 4 is 17.4 Å². The number of aromatic nitrogens is 2. The fourth-order valence-corrected chi connectivity index (χ4v) is 4.07. The average Bonchev–Trinajstić information content (AvgIpc) is 3.07. The van der Waals surface area contributed by atoms with Gasteiger partial charge >= 0.3 is 0 Å². The number of hydrogen-bond donors (Lipinski definition) is 0. The molecule has 0 saturated heterocycles. The molecule has 0 spiro atoms. The monoisotopic (exact) mass is 440 g/mol. The highest BCUT2D eigenvalue weighted by atomic mass is 16.2. The summed E-state index contributed by atoms with van der Waals surface area (Å²) >= 11 is 0. The Labute approximate surface area is 194 Å². The fraction of sp³-hybridized carbons (Fsp3) is 0.259. The number of likely N-dealkylation sites (N-methyl/N-ethyl adjacent to an activating group) is 1. The van der Waals surface area contributed by atoms with E-state index in [1.54, 1.807) is 24.8 Å². The van der Waals surface area contributed by atoms with Gasteiger partial charge in [0.05, 0.1) is 12.1 Å². The molecule has 0 saturated carbocycles. The number of imide groups is 1. The van der Waals surface area contributed by atoms with Gasteiger partial charge in [-0.3, -0.25) is 24.5 Å². The standard InChI is InChI=1S/C27H28N4O2/c1-4-30(16-11-21-7-12-28-13-8-21)25-24(23-6-5-19(2)20(3)17-23)26(32)31(27(25)33)18-22-9-14-29-15-10-22/h5-10,12-15,17H,4,11,16,18H2,1-3H3. The van der Waals surface area contributed by atoms with Crippen molar-refractivity contribution in [3.63, 3.8) is 0 Å². The topological polar surface area (TPSA) is 66.4 Å². The lowest BCUT2D eigenvalue weighted by atomic mass is 9.99. The van der Waals surface area contributed by atoms with Gasteiger partial charge in [0.2, 0.25) is 0 Å². The number of nitrogens with zero attached hydrogens (tertiary/aromatic N) is 4. The van der Waals surface area contributed by atoms with Gasteiger partial charge in [-0.25, -0.2) is 0 Å². The molecule has 0 fully saturated rings. The second-order valence-corrected chi connectivity index (χ2v) is 8.26. The maximum absolute atomic E-state index is 13.6. The molecule has 2 aromatic heterocycles. The quantitative estimate of drug-likeness (QED) is 0.497. The molecule has 0 atom stereocenters. The molecule has 0 unspecified atom stereocenters. The first kappa shape index (κ1) is 22.4. The summed E-state index contributed by atoms with van der Waals surface area (Å²) in [5.74, 6) is -0.501. The number of rotatable bonds is 8. The summed E-state index contributed by atoms with van der Waals surface area (Å²) in [7, 11) is 0. The van der Waals surface area contributed by atoms with Gasteiger partial charge in [-0.05, 0) is 79.3 Å². The molecule has 3 heterocycles. The average molecular weight is 441 g/mol. The summed E-state index contributed by atoms with van der Waals surface area (Å²) in [6.45, 7) is 7.55. The molecule has 6 nitrogen and oxygen atoms in total. The molecular weight excluding hydrogens is 412 g/mol. The number of carbonyl (C=O) groups is 2. The Morgan fingerprint density at radius 1 is 0.818 bits per heavy atom. The normalized spacial score (nSPS) is 13.7. The van der Waals surface area contributed by atoms with Crippen LogP contribution in [0.4, 0.5) is 0 Å². The smallest absolute Gasteiger partial charge is 0.278 e. The Kier molecular flexibility index (Phi) is 6.63. The van der Waals surface area contributed by atoms with Crippen LogP contribution in [0.25, 0.3) is 5.57 Å². The summed E-state index contributed by atoms with van der Waals surface area (Å²) in [5.41, 5.74) is 5.99. The summed E-state index contributed by atoms with van der Waals surface area (Å²) in [5, 5.41) is 0. The maximum atomic E-state index is 13.6. The second-order valence-electron chi connectivity index (χ2n) is 8.26. The lowest BCUT2D eigenvalue weighted by Gasteiger charge is -2.25. The van der Waals surface area contributed by atoms with E-state index in [1.807, 2.05) is 68.1 Å². The molecule has 0 N–H and O–H groups in total. The predicted octanol–water partition coefficient (Wildman–Crippen LogP) is 3.94. The minimum atomic E-state index is -0.252. The van der Waals surface area contributed by atoms with Crippen molar-refractivity contribution < 1.29 is 9.59 Å². The molecule has 33 heavy (non-hydrogen) atoms. The fourth-order valence-electron chi connectivity index (χ4n) is 4.07. The van der Waals surface area contributed by atoms with E-state index in [9.17, 15) is 9.59 Å². The highest BCUT2D eigenvalue weighted by Gasteiger charge is 2.41. The third kappa shape index (κ3) is 4.70. The molecule has 0 radical (unpaired) electrons. The van der Waals surface area contributed by atoms with Crippen molar-refractivity contribution in [2.24, 2.45) is 0 Å². The van der Waals surface area contributed by atoms with Crippen LogP contribution in [0.1, 0.15) is 34.7 Å². The number of pyridine rings is 2.